The molecule has 2 N–H and O–H groups in total. The summed E-state index contributed by atoms with van der Waals surface area (Å²) in [6.07, 6.45) is 9.22. The Labute approximate surface area is 94.6 Å². The molecule has 0 aromatic carbocycles. The summed E-state index contributed by atoms with van der Waals surface area (Å²) in [6, 6.07) is 0. The molecule has 1 unspecified atom stereocenters. The van der Waals surface area contributed by atoms with Crippen LogP contribution in [0.3, 0.4) is 0 Å². The molecule has 1 rings (SSSR count). The summed E-state index contributed by atoms with van der Waals surface area (Å²) in [5, 5.41) is 0. The van der Waals surface area contributed by atoms with Crippen LogP contribution < -0.4 is 5.73 Å². The fourth-order valence-electron chi connectivity index (χ4n) is 2.56. The van der Waals surface area contributed by atoms with Gasteiger partial charge in [-0.2, -0.15) is 0 Å². The molecule has 2 heteroatoms. The van der Waals surface area contributed by atoms with E-state index in [9.17, 15) is 0 Å². The largest absolute Gasteiger partial charge is 0.381 e. The van der Waals surface area contributed by atoms with Crippen LogP contribution in [0, 0.1) is 11.8 Å². The second kappa shape index (κ2) is 8.12. The van der Waals surface area contributed by atoms with Gasteiger partial charge in [-0.25, -0.2) is 0 Å². The third-order valence-corrected chi connectivity index (χ3v) is 3.64. The van der Waals surface area contributed by atoms with Crippen molar-refractivity contribution in [2.75, 3.05) is 19.8 Å². The van der Waals surface area contributed by atoms with Crippen molar-refractivity contribution in [2.45, 2.75) is 51.9 Å². The van der Waals surface area contributed by atoms with E-state index in [4.69, 9.17) is 10.5 Å². The van der Waals surface area contributed by atoms with Crippen LogP contribution in [0.1, 0.15) is 51.9 Å². The highest BCUT2D eigenvalue weighted by molar-refractivity contribution is 4.75. The Balaban J connectivity index is 2.05. The van der Waals surface area contributed by atoms with Crippen LogP contribution in [0.25, 0.3) is 0 Å². The first-order valence-corrected chi connectivity index (χ1v) is 6.66. The molecule has 0 radical (unpaired) electrons. The van der Waals surface area contributed by atoms with Crippen LogP contribution in [-0.4, -0.2) is 19.8 Å². The summed E-state index contributed by atoms with van der Waals surface area (Å²) in [6.45, 7) is 4.89. The lowest BCUT2D eigenvalue weighted by molar-refractivity contribution is 0.109. The summed E-state index contributed by atoms with van der Waals surface area (Å²) >= 11 is 0. The van der Waals surface area contributed by atoms with E-state index in [-0.39, 0.29) is 0 Å². The Kier molecular flexibility index (Phi) is 7.03. The number of hydrogen-bond acceptors (Lipinski definition) is 2. The Morgan fingerprint density at radius 2 is 2.00 bits per heavy atom. The zero-order valence-corrected chi connectivity index (χ0v) is 10.2. The van der Waals surface area contributed by atoms with E-state index in [1.807, 2.05) is 0 Å². The minimum atomic E-state index is 0.717. The smallest absolute Gasteiger partial charge is 0.0469 e. The monoisotopic (exact) mass is 213 g/mol. The summed E-state index contributed by atoms with van der Waals surface area (Å²) in [5.41, 5.74) is 5.84. The van der Waals surface area contributed by atoms with Gasteiger partial charge in [-0.1, -0.05) is 39.0 Å². The molecule has 1 saturated carbocycles. The predicted molar refractivity (Wildman–Crippen MR) is 64.8 cm³/mol. The maximum atomic E-state index is 5.84. The number of ether oxygens (including phenoxy) is 1. The SMILES string of the molecule is CCCCOCCC(CN)C1CCCC1. The van der Waals surface area contributed by atoms with Gasteiger partial charge >= 0.3 is 0 Å². The molecule has 1 aliphatic carbocycles. The van der Waals surface area contributed by atoms with Crippen LogP contribution in [0.15, 0.2) is 0 Å². The first kappa shape index (κ1) is 13.0. The summed E-state index contributed by atoms with van der Waals surface area (Å²) in [4.78, 5) is 0. The van der Waals surface area contributed by atoms with Crippen molar-refractivity contribution in [1.82, 2.24) is 0 Å². The van der Waals surface area contributed by atoms with E-state index >= 15 is 0 Å². The Hall–Kier alpha value is -0.0800. The molecular formula is C13H27NO. The molecule has 2 nitrogen and oxygen atoms in total. The van der Waals surface area contributed by atoms with Gasteiger partial charge in [0, 0.05) is 13.2 Å². The molecule has 1 atom stereocenters. The predicted octanol–water partition coefficient (Wildman–Crippen LogP) is 2.96. The lowest BCUT2D eigenvalue weighted by Crippen LogP contribution is -2.23. The lowest BCUT2D eigenvalue weighted by atomic mass is 9.88. The average Bonchev–Trinajstić information content (AvgIpc) is 2.77. The summed E-state index contributed by atoms with van der Waals surface area (Å²) < 4.78 is 5.61. The van der Waals surface area contributed by atoms with E-state index < -0.39 is 0 Å². The van der Waals surface area contributed by atoms with Gasteiger partial charge in [-0.15, -0.1) is 0 Å². The van der Waals surface area contributed by atoms with Gasteiger partial charge in [0.15, 0.2) is 0 Å². The zero-order valence-electron chi connectivity index (χ0n) is 10.2. The number of nitrogens with two attached hydrogens (primary N) is 1. The summed E-state index contributed by atoms with van der Waals surface area (Å²) in [5.74, 6) is 1.61. The van der Waals surface area contributed by atoms with Gasteiger partial charge in [0.2, 0.25) is 0 Å². The molecule has 0 aromatic rings. The normalized spacial score (nSPS) is 19.6. The second-order valence-corrected chi connectivity index (χ2v) is 4.79. The molecule has 1 fully saturated rings. The highest BCUT2D eigenvalue weighted by atomic mass is 16.5. The van der Waals surface area contributed by atoms with Gasteiger partial charge in [-0.05, 0) is 31.2 Å². The van der Waals surface area contributed by atoms with E-state index in [2.05, 4.69) is 6.92 Å². The third kappa shape index (κ3) is 4.98. The van der Waals surface area contributed by atoms with Crippen LogP contribution in [-0.2, 0) is 4.74 Å². The van der Waals surface area contributed by atoms with E-state index in [1.165, 1.54) is 44.9 Å². The highest BCUT2D eigenvalue weighted by Crippen LogP contribution is 2.32. The minimum absolute atomic E-state index is 0.717. The van der Waals surface area contributed by atoms with Crippen molar-refractivity contribution in [2.24, 2.45) is 17.6 Å². The first-order chi connectivity index (χ1) is 7.38. The molecule has 0 spiro atoms. The molecule has 15 heavy (non-hydrogen) atoms. The van der Waals surface area contributed by atoms with E-state index in [1.54, 1.807) is 0 Å². The Bertz CT molecular complexity index is 143. The minimum Gasteiger partial charge on any atom is -0.381 e. The first-order valence-electron chi connectivity index (χ1n) is 6.66. The van der Waals surface area contributed by atoms with Crippen LogP contribution in [0.4, 0.5) is 0 Å². The fraction of sp³-hybridized carbons (Fsp3) is 1.00. The Morgan fingerprint density at radius 1 is 1.27 bits per heavy atom. The lowest BCUT2D eigenvalue weighted by Gasteiger charge is -2.21. The molecule has 0 amide bonds. The van der Waals surface area contributed by atoms with Gasteiger partial charge in [-0.3, -0.25) is 0 Å². The molecule has 0 aliphatic heterocycles. The second-order valence-electron chi connectivity index (χ2n) is 4.79. The molecule has 90 valence electrons. The maximum Gasteiger partial charge on any atom is 0.0469 e. The number of unbranched alkanes of at least 4 members (excludes halogenated alkanes) is 1. The van der Waals surface area contributed by atoms with E-state index in [0.29, 0.717) is 5.92 Å². The van der Waals surface area contributed by atoms with Gasteiger partial charge in [0.25, 0.3) is 0 Å². The van der Waals surface area contributed by atoms with Gasteiger partial charge in [0.1, 0.15) is 0 Å². The molecule has 0 saturated heterocycles. The van der Waals surface area contributed by atoms with Crippen molar-refractivity contribution < 1.29 is 4.74 Å². The zero-order chi connectivity index (χ0) is 10.9. The number of rotatable bonds is 8. The fourth-order valence-corrected chi connectivity index (χ4v) is 2.56. The van der Waals surface area contributed by atoms with Gasteiger partial charge < -0.3 is 10.5 Å². The van der Waals surface area contributed by atoms with Crippen LogP contribution in [0.2, 0.25) is 0 Å². The van der Waals surface area contributed by atoms with Crippen LogP contribution >= 0.6 is 0 Å². The van der Waals surface area contributed by atoms with Crippen molar-refractivity contribution in [3.8, 4) is 0 Å². The number of hydrogen-bond donors (Lipinski definition) is 1. The molecule has 0 heterocycles. The molecular weight excluding hydrogens is 186 g/mol. The standard InChI is InChI=1S/C13H27NO/c1-2-3-9-15-10-8-13(11-14)12-6-4-5-7-12/h12-13H,2-11,14H2,1H3. The topological polar surface area (TPSA) is 35.2 Å². The van der Waals surface area contributed by atoms with Crippen molar-refractivity contribution in [3.63, 3.8) is 0 Å². The van der Waals surface area contributed by atoms with Crippen molar-refractivity contribution in [1.29, 1.82) is 0 Å². The van der Waals surface area contributed by atoms with Crippen molar-refractivity contribution >= 4 is 0 Å². The molecule has 0 bridgehead atoms. The molecule has 1 aliphatic rings. The molecule has 0 aromatic heterocycles. The Morgan fingerprint density at radius 3 is 2.60 bits per heavy atom. The van der Waals surface area contributed by atoms with E-state index in [0.717, 1.165) is 25.7 Å². The quantitative estimate of drug-likeness (QED) is 0.629. The van der Waals surface area contributed by atoms with Gasteiger partial charge in [0.05, 0.1) is 0 Å². The summed E-state index contributed by atoms with van der Waals surface area (Å²) in [7, 11) is 0. The van der Waals surface area contributed by atoms with Crippen molar-refractivity contribution in [3.05, 3.63) is 0 Å². The highest BCUT2D eigenvalue weighted by Gasteiger charge is 2.23. The third-order valence-electron chi connectivity index (χ3n) is 3.64. The average molecular weight is 213 g/mol. The van der Waals surface area contributed by atoms with Crippen LogP contribution in [0.5, 0.6) is 0 Å². The maximum absolute atomic E-state index is 5.84.